The Hall–Kier alpha value is -1.78. The maximum absolute atomic E-state index is 4.46. The third kappa shape index (κ3) is 7.69. The summed E-state index contributed by atoms with van der Waals surface area (Å²) in [7, 11) is 0. The van der Waals surface area contributed by atoms with Gasteiger partial charge in [-0.2, -0.15) is 0 Å². The minimum atomic E-state index is 0.963. The Morgan fingerprint density at radius 3 is 1.48 bits per heavy atom. The standard InChI is InChI=1S/C27H40N4/c1-3-16-28-26(8-1)14-22-30-18-10-24(11-19-30)6-5-7-25-12-20-31(21-13-25)23-15-27-9-2-4-17-29-27/h1-4,8-9,16-17,24-25H,5-7,10-15,18-23H2. The number of likely N-dealkylation sites (tertiary alicyclic amines) is 2. The highest BCUT2D eigenvalue weighted by Crippen LogP contribution is 2.27. The molecule has 0 saturated carbocycles. The number of hydrogen-bond donors (Lipinski definition) is 0. The largest absolute Gasteiger partial charge is 0.303 e. The van der Waals surface area contributed by atoms with Crippen molar-refractivity contribution in [1.29, 1.82) is 0 Å². The maximum atomic E-state index is 4.46. The van der Waals surface area contributed by atoms with Crippen LogP contribution in [0.25, 0.3) is 0 Å². The van der Waals surface area contributed by atoms with Crippen LogP contribution in [0.3, 0.4) is 0 Å². The Kier molecular flexibility index (Phi) is 8.90. The molecule has 4 rings (SSSR count). The molecule has 0 aromatic carbocycles. The lowest BCUT2D eigenvalue weighted by atomic mass is 9.87. The molecule has 4 nitrogen and oxygen atoms in total. The van der Waals surface area contributed by atoms with Gasteiger partial charge in [-0.1, -0.05) is 31.4 Å². The molecule has 0 atom stereocenters. The molecular weight excluding hydrogens is 380 g/mol. The van der Waals surface area contributed by atoms with Gasteiger partial charge in [0.1, 0.15) is 0 Å². The molecule has 168 valence electrons. The van der Waals surface area contributed by atoms with Crippen molar-refractivity contribution in [3.8, 4) is 0 Å². The first-order chi connectivity index (χ1) is 15.3. The molecular formula is C27H40N4. The Bertz CT molecular complexity index is 656. The van der Waals surface area contributed by atoms with E-state index < -0.39 is 0 Å². The second-order valence-corrected chi connectivity index (χ2v) is 9.64. The monoisotopic (exact) mass is 420 g/mol. The quantitative estimate of drug-likeness (QED) is 0.550. The Morgan fingerprint density at radius 1 is 0.645 bits per heavy atom. The van der Waals surface area contributed by atoms with Gasteiger partial charge < -0.3 is 9.80 Å². The van der Waals surface area contributed by atoms with Gasteiger partial charge in [-0.25, -0.2) is 0 Å². The van der Waals surface area contributed by atoms with Crippen LogP contribution in [0.1, 0.15) is 56.3 Å². The summed E-state index contributed by atoms with van der Waals surface area (Å²) < 4.78 is 0. The lowest BCUT2D eigenvalue weighted by Crippen LogP contribution is -2.36. The van der Waals surface area contributed by atoms with Crippen LogP contribution in [-0.4, -0.2) is 59.0 Å². The molecule has 4 heteroatoms. The number of rotatable bonds is 10. The molecule has 2 saturated heterocycles. The highest BCUT2D eigenvalue weighted by Gasteiger charge is 2.21. The second-order valence-electron chi connectivity index (χ2n) is 9.64. The van der Waals surface area contributed by atoms with E-state index in [-0.39, 0.29) is 0 Å². The zero-order valence-corrected chi connectivity index (χ0v) is 19.2. The van der Waals surface area contributed by atoms with Crippen molar-refractivity contribution in [3.63, 3.8) is 0 Å². The predicted molar refractivity (Wildman–Crippen MR) is 128 cm³/mol. The summed E-state index contributed by atoms with van der Waals surface area (Å²) in [6.45, 7) is 7.47. The van der Waals surface area contributed by atoms with E-state index in [1.54, 1.807) is 0 Å². The van der Waals surface area contributed by atoms with Crippen LogP contribution in [0, 0.1) is 11.8 Å². The van der Waals surface area contributed by atoms with Crippen molar-refractivity contribution in [2.75, 3.05) is 39.3 Å². The summed E-state index contributed by atoms with van der Waals surface area (Å²) in [4.78, 5) is 14.2. The van der Waals surface area contributed by atoms with Crippen LogP contribution in [-0.2, 0) is 12.8 Å². The van der Waals surface area contributed by atoms with Crippen LogP contribution < -0.4 is 0 Å². The molecule has 0 radical (unpaired) electrons. The van der Waals surface area contributed by atoms with Gasteiger partial charge in [-0.3, -0.25) is 9.97 Å². The molecule has 2 aromatic heterocycles. The van der Waals surface area contributed by atoms with E-state index in [1.165, 1.54) is 95.6 Å². The minimum Gasteiger partial charge on any atom is -0.303 e. The lowest BCUT2D eigenvalue weighted by molar-refractivity contribution is 0.164. The van der Waals surface area contributed by atoms with Gasteiger partial charge in [0.05, 0.1) is 0 Å². The first-order valence-corrected chi connectivity index (χ1v) is 12.6. The third-order valence-electron chi connectivity index (χ3n) is 7.46. The van der Waals surface area contributed by atoms with Crippen LogP contribution in [0.2, 0.25) is 0 Å². The van der Waals surface area contributed by atoms with Crippen LogP contribution >= 0.6 is 0 Å². The summed E-state index contributed by atoms with van der Waals surface area (Å²) >= 11 is 0. The van der Waals surface area contributed by atoms with Gasteiger partial charge in [0, 0.05) is 49.7 Å². The number of piperidine rings is 2. The smallest absolute Gasteiger partial charge is 0.0416 e. The van der Waals surface area contributed by atoms with Gasteiger partial charge >= 0.3 is 0 Å². The minimum absolute atomic E-state index is 0.963. The van der Waals surface area contributed by atoms with Gasteiger partial charge in [0.15, 0.2) is 0 Å². The van der Waals surface area contributed by atoms with Crippen LogP contribution in [0.4, 0.5) is 0 Å². The Balaban J connectivity index is 1.03. The fourth-order valence-corrected chi connectivity index (χ4v) is 5.33. The molecule has 2 fully saturated rings. The number of aromatic nitrogens is 2. The van der Waals surface area contributed by atoms with Crippen molar-refractivity contribution in [1.82, 2.24) is 19.8 Å². The molecule has 0 spiro atoms. The number of nitrogens with zero attached hydrogens (tertiary/aromatic N) is 4. The fraction of sp³-hybridized carbons (Fsp3) is 0.630. The van der Waals surface area contributed by atoms with E-state index in [0.717, 1.165) is 24.7 Å². The van der Waals surface area contributed by atoms with Crippen LogP contribution in [0.15, 0.2) is 48.8 Å². The van der Waals surface area contributed by atoms with Gasteiger partial charge in [-0.05, 0) is 88.0 Å². The normalized spacial score (nSPS) is 19.6. The molecule has 2 aromatic rings. The van der Waals surface area contributed by atoms with Crippen LogP contribution in [0.5, 0.6) is 0 Å². The fourth-order valence-electron chi connectivity index (χ4n) is 5.33. The molecule has 2 aliphatic rings. The predicted octanol–water partition coefficient (Wildman–Crippen LogP) is 4.86. The van der Waals surface area contributed by atoms with Crippen molar-refractivity contribution in [2.24, 2.45) is 11.8 Å². The van der Waals surface area contributed by atoms with Gasteiger partial charge in [0.2, 0.25) is 0 Å². The summed E-state index contributed by atoms with van der Waals surface area (Å²) in [5.41, 5.74) is 2.46. The van der Waals surface area contributed by atoms with E-state index in [1.807, 2.05) is 24.5 Å². The van der Waals surface area contributed by atoms with Crippen molar-refractivity contribution in [3.05, 3.63) is 60.2 Å². The second kappa shape index (κ2) is 12.3. The average molecular weight is 421 g/mol. The van der Waals surface area contributed by atoms with E-state index in [2.05, 4.69) is 44.0 Å². The topological polar surface area (TPSA) is 32.3 Å². The van der Waals surface area contributed by atoms with E-state index in [9.17, 15) is 0 Å². The van der Waals surface area contributed by atoms with E-state index in [4.69, 9.17) is 0 Å². The summed E-state index contributed by atoms with van der Waals surface area (Å²) in [6.07, 6.45) is 15.9. The molecule has 31 heavy (non-hydrogen) atoms. The molecule has 2 aliphatic heterocycles. The van der Waals surface area contributed by atoms with Crippen molar-refractivity contribution >= 4 is 0 Å². The molecule has 0 amide bonds. The Labute approximate surface area is 189 Å². The molecule has 0 unspecified atom stereocenters. The summed E-state index contributed by atoms with van der Waals surface area (Å²) in [5.74, 6) is 1.93. The van der Waals surface area contributed by atoms with Crippen molar-refractivity contribution in [2.45, 2.75) is 57.8 Å². The lowest BCUT2D eigenvalue weighted by Gasteiger charge is -2.33. The first-order valence-electron chi connectivity index (χ1n) is 12.6. The maximum Gasteiger partial charge on any atom is 0.0416 e. The van der Waals surface area contributed by atoms with Gasteiger partial charge in [0.25, 0.3) is 0 Å². The summed E-state index contributed by atoms with van der Waals surface area (Å²) in [6, 6.07) is 12.5. The highest BCUT2D eigenvalue weighted by molar-refractivity contribution is 5.04. The SMILES string of the molecule is c1ccc(CCN2CCC(CCCC3CCN(CCc4ccccn4)CC3)CC2)nc1. The number of pyridine rings is 2. The van der Waals surface area contributed by atoms with Crippen molar-refractivity contribution < 1.29 is 0 Å². The Morgan fingerprint density at radius 2 is 1.10 bits per heavy atom. The molecule has 0 aliphatic carbocycles. The van der Waals surface area contributed by atoms with E-state index in [0.29, 0.717) is 0 Å². The zero-order chi connectivity index (χ0) is 21.1. The highest BCUT2D eigenvalue weighted by atomic mass is 15.1. The number of hydrogen-bond acceptors (Lipinski definition) is 4. The first kappa shape index (κ1) is 22.4. The molecule has 4 heterocycles. The average Bonchev–Trinajstić information content (AvgIpc) is 2.84. The molecule has 0 N–H and O–H groups in total. The third-order valence-corrected chi connectivity index (χ3v) is 7.46. The molecule has 0 bridgehead atoms. The zero-order valence-electron chi connectivity index (χ0n) is 19.2. The summed E-state index contributed by atoms with van der Waals surface area (Å²) in [5, 5.41) is 0. The van der Waals surface area contributed by atoms with E-state index >= 15 is 0 Å². The van der Waals surface area contributed by atoms with Gasteiger partial charge in [-0.15, -0.1) is 0 Å².